The van der Waals surface area contributed by atoms with Crippen LogP contribution in [0.1, 0.15) is 52.4 Å². The Morgan fingerprint density at radius 2 is 1.70 bits per heavy atom. The summed E-state index contributed by atoms with van der Waals surface area (Å²) in [5.74, 6) is -0.871. The molecule has 2 atom stereocenters. The van der Waals surface area contributed by atoms with Crippen LogP contribution in [0.3, 0.4) is 0 Å². The number of carbonyl (C=O) groups is 1. The zero-order valence-electron chi connectivity index (χ0n) is 21.3. The lowest BCUT2D eigenvalue weighted by Crippen LogP contribution is -2.42. The Hall–Kier alpha value is -3.19. The molecule has 7 heteroatoms. The molecule has 0 radical (unpaired) electrons. The van der Waals surface area contributed by atoms with E-state index in [-0.39, 0.29) is 23.8 Å². The van der Waals surface area contributed by atoms with E-state index in [1.807, 2.05) is 32.9 Å². The molecule has 4 rings (SSSR count). The van der Waals surface area contributed by atoms with Crippen molar-refractivity contribution in [3.05, 3.63) is 106 Å². The van der Waals surface area contributed by atoms with Gasteiger partial charge in [0, 0.05) is 43.7 Å². The summed E-state index contributed by atoms with van der Waals surface area (Å²) in [5.41, 5.74) is 2.65. The van der Waals surface area contributed by atoms with Gasteiger partial charge in [-0.05, 0) is 68.1 Å². The first-order valence-corrected chi connectivity index (χ1v) is 12.5. The third-order valence-corrected chi connectivity index (χ3v) is 7.05. The summed E-state index contributed by atoms with van der Waals surface area (Å²) in [6.07, 6.45) is -4.42. The van der Waals surface area contributed by atoms with E-state index in [1.165, 1.54) is 36.4 Å². The van der Waals surface area contributed by atoms with Crippen molar-refractivity contribution < 1.29 is 22.4 Å². The molecule has 3 aromatic rings. The fourth-order valence-electron chi connectivity index (χ4n) is 5.21. The van der Waals surface area contributed by atoms with Gasteiger partial charge in [-0.2, -0.15) is 13.2 Å². The second-order valence-corrected chi connectivity index (χ2v) is 10.2. The van der Waals surface area contributed by atoms with E-state index < -0.39 is 17.6 Å². The number of halogens is 4. The van der Waals surface area contributed by atoms with Crippen LogP contribution in [0.5, 0.6) is 0 Å². The van der Waals surface area contributed by atoms with Crippen molar-refractivity contribution >= 4 is 5.91 Å². The highest BCUT2D eigenvalue weighted by atomic mass is 19.4. The standard InChI is InChI=1S/C30H32F4N2O/c1-20(2)36(29(37)23-10-12-27(31)13-11-23)18-25-17-35(16-22-7-4-6-21(3)14-22)19-28(25)24-8-5-9-26(15-24)30(32,33)34/h4-15,20,25,28H,16-19H2,1-3H3/t25-,28-/m0/s1. The number of benzene rings is 3. The van der Waals surface area contributed by atoms with Crippen LogP contribution in [-0.2, 0) is 12.7 Å². The molecular weight excluding hydrogens is 480 g/mol. The van der Waals surface area contributed by atoms with E-state index >= 15 is 0 Å². The quantitative estimate of drug-likeness (QED) is 0.321. The molecule has 0 saturated carbocycles. The zero-order chi connectivity index (χ0) is 26.7. The molecule has 196 valence electrons. The molecule has 1 saturated heterocycles. The van der Waals surface area contributed by atoms with Crippen molar-refractivity contribution in [3.8, 4) is 0 Å². The lowest BCUT2D eigenvalue weighted by Gasteiger charge is -2.32. The SMILES string of the molecule is Cc1cccc(CN2C[C@@H](CN(C(=O)c3ccc(F)cc3)C(C)C)[C@H](c3cccc(C(F)(F)F)c3)C2)c1. The molecule has 1 amide bonds. The zero-order valence-corrected chi connectivity index (χ0v) is 21.3. The minimum Gasteiger partial charge on any atom is -0.336 e. The van der Waals surface area contributed by atoms with Gasteiger partial charge in [0.1, 0.15) is 5.82 Å². The Morgan fingerprint density at radius 1 is 1.00 bits per heavy atom. The predicted molar refractivity (Wildman–Crippen MR) is 137 cm³/mol. The van der Waals surface area contributed by atoms with E-state index in [0.29, 0.717) is 37.3 Å². The van der Waals surface area contributed by atoms with Gasteiger partial charge in [-0.15, -0.1) is 0 Å². The average molecular weight is 513 g/mol. The van der Waals surface area contributed by atoms with Crippen LogP contribution in [0.2, 0.25) is 0 Å². The van der Waals surface area contributed by atoms with Crippen LogP contribution in [0.25, 0.3) is 0 Å². The van der Waals surface area contributed by atoms with Crippen LogP contribution in [0, 0.1) is 18.7 Å². The maximum Gasteiger partial charge on any atom is 0.416 e. The Bertz CT molecular complexity index is 1220. The number of likely N-dealkylation sites (tertiary alicyclic amines) is 1. The summed E-state index contributed by atoms with van der Waals surface area (Å²) in [6, 6.07) is 19.1. The molecule has 3 aromatic carbocycles. The molecule has 1 fully saturated rings. The highest BCUT2D eigenvalue weighted by molar-refractivity contribution is 5.94. The van der Waals surface area contributed by atoms with Crippen molar-refractivity contribution in [2.75, 3.05) is 19.6 Å². The van der Waals surface area contributed by atoms with E-state index in [9.17, 15) is 22.4 Å². The minimum absolute atomic E-state index is 0.0694. The van der Waals surface area contributed by atoms with Gasteiger partial charge in [0.05, 0.1) is 5.56 Å². The average Bonchev–Trinajstić information content (AvgIpc) is 3.24. The van der Waals surface area contributed by atoms with Gasteiger partial charge >= 0.3 is 6.18 Å². The number of amides is 1. The van der Waals surface area contributed by atoms with Gasteiger partial charge in [0.25, 0.3) is 5.91 Å². The number of hydrogen-bond donors (Lipinski definition) is 0. The van der Waals surface area contributed by atoms with Gasteiger partial charge in [-0.3, -0.25) is 9.69 Å². The Morgan fingerprint density at radius 3 is 2.35 bits per heavy atom. The first-order valence-electron chi connectivity index (χ1n) is 12.5. The van der Waals surface area contributed by atoms with Crippen molar-refractivity contribution in [2.24, 2.45) is 5.92 Å². The number of rotatable bonds is 7. The first-order chi connectivity index (χ1) is 17.5. The van der Waals surface area contributed by atoms with E-state index in [2.05, 4.69) is 17.0 Å². The smallest absolute Gasteiger partial charge is 0.336 e. The maximum atomic E-state index is 13.5. The number of nitrogens with zero attached hydrogens (tertiary/aromatic N) is 2. The third-order valence-electron chi connectivity index (χ3n) is 7.05. The monoisotopic (exact) mass is 512 g/mol. The summed E-state index contributed by atoms with van der Waals surface area (Å²) in [7, 11) is 0. The van der Waals surface area contributed by atoms with E-state index in [4.69, 9.17) is 0 Å². The van der Waals surface area contributed by atoms with Crippen molar-refractivity contribution in [1.29, 1.82) is 0 Å². The van der Waals surface area contributed by atoms with Crippen molar-refractivity contribution in [3.63, 3.8) is 0 Å². The third kappa shape index (κ3) is 6.58. The molecule has 0 spiro atoms. The second-order valence-electron chi connectivity index (χ2n) is 10.2. The Labute approximate surface area is 215 Å². The lowest BCUT2D eigenvalue weighted by atomic mass is 9.87. The molecule has 3 nitrogen and oxygen atoms in total. The minimum atomic E-state index is -4.42. The van der Waals surface area contributed by atoms with Crippen LogP contribution in [0.4, 0.5) is 17.6 Å². The van der Waals surface area contributed by atoms with Gasteiger partial charge < -0.3 is 4.90 Å². The summed E-state index contributed by atoms with van der Waals surface area (Å²) < 4.78 is 53.9. The fourth-order valence-corrected chi connectivity index (χ4v) is 5.21. The molecule has 1 aliphatic heterocycles. The van der Waals surface area contributed by atoms with Gasteiger partial charge in [0.15, 0.2) is 0 Å². The molecule has 0 unspecified atom stereocenters. The van der Waals surface area contributed by atoms with E-state index in [0.717, 1.165) is 17.2 Å². The largest absolute Gasteiger partial charge is 0.416 e. The molecule has 0 N–H and O–H groups in total. The number of aryl methyl sites for hydroxylation is 1. The van der Waals surface area contributed by atoms with Gasteiger partial charge in [-0.1, -0.05) is 48.0 Å². The van der Waals surface area contributed by atoms with Crippen LogP contribution in [-0.4, -0.2) is 41.4 Å². The van der Waals surface area contributed by atoms with Gasteiger partial charge in [-0.25, -0.2) is 4.39 Å². The first kappa shape index (κ1) is 26.9. The summed E-state index contributed by atoms with van der Waals surface area (Å²) in [4.78, 5) is 17.4. The molecule has 1 heterocycles. The fraction of sp³-hybridized carbons (Fsp3) is 0.367. The molecule has 0 aliphatic carbocycles. The van der Waals surface area contributed by atoms with E-state index in [1.54, 1.807) is 11.0 Å². The Kier molecular flexibility index (Phi) is 8.02. The van der Waals surface area contributed by atoms with Crippen LogP contribution >= 0.6 is 0 Å². The van der Waals surface area contributed by atoms with Crippen molar-refractivity contribution in [2.45, 2.75) is 45.5 Å². The number of alkyl halides is 3. The summed E-state index contributed by atoms with van der Waals surface area (Å²) >= 11 is 0. The number of carbonyl (C=O) groups excluding carboxylic acids is 1. The topological polar surface area (TPSA) is 23.6 Å². The Balaban J connectivity index is 1.63. The summed E-state index contributed by atoms with van der Waals surface area (Å²) in [5, 5.41) is 0. The highest BCUT2D eigenvalue weighted by Gasteiger charge is 2.38. The predicted octanol–water partition coefficient (Wildman–Crippen LogP) is 6.92. The molecular formula is C30H32F4N2O. The maximum absolute atomic E-state index is 13.5. The molecule has 37 heavy (non-hydrogen) atoms. The lowest BCUT2D eigenvalue weighted by molar-refractivity contribution is -0.137. The highest BCUT2D eigenvalue weighted by Crippen LogP contribution is 2.38. The van der Waals surface area contributed by atoms with Crippen LogP contribution < -0.4 is 0 Å². The molecule has 1 aliphatic rings. The second kappa shape index (κ2) is 11.1. The van der Waals surface area contributed by atoms with Gasteiger partial charge in [0.2, 0.25) is 0 Å². The normalized spacial score (nSPS) is 18.4. The summed E-state index contributed by atoms with van der Waals surface area (Å²) in [6.45, 7) is 8.18. The molecule has 0 aromatic heterocycles. The van der Waals surface area contributed by atoms with Crippen LogP contribution in [0.15, 0.2) is 72.8 Å². The molecule has 0 bridgehead atoms. The number of hydrogen-bond acceptors (Lipinski definition) is 2. The van der Waals surface area contributed by atoms with Crippen molar-refractivity contribution in [1.82, 2.24) is 9.80 Å².